The highest BCUT2D eigenvalue weighted by Gasteiger charge is 2.21. The number of benzene rings is 2. The van der Waals surface area contributed by atoms with Crippen molar-refractivity contribution < 1.29 is 9.53 Å². The van der Waals surface area contributed by atoms with Crippen LogP contribution in [-0.4, -0.2) is 12.0 Å². The number of carbonyl (C=O) groups excluding carboxylic acids is 1. The summed E-state index contributed by atoms with van der Waals surface area (Å²) in [6, 6.07) is 12.5. The van der Waals surface area contributed by atoms with Gasteiger partial charge in [-0.25, -0.2) is 0 Å². The largest absolute Gasteiger partial charge is 0.481 e. The van der Waals surface area contributed by atoms with Gasteiger partial charge in [-0.3, -0.25) is 4.79 Å². The predicted molar refractivity (Wildman–Crippen MR) is 106 cm³/mol. The molecule has 3 rings (SSSR count). The third kappa shape index (κ3) is 4.09. The van der Waals surface area contributed by atoms with Crippen LogP contribution in [-0.2, 0) is 17.6 Å². The molecule has 1 N–H and O–H groups in total. The van der Waals surface area contributed by atoms with Crippen molar-refractivity contribution in [2.45, 2.75) is 65.5 Å². The summed E-state index contributed by atoms with van der Waals surface area (Å²) >= 11 is 0. The van der Waals surface area contributed by atoms with Gasteiger partial charge in [-0.15, -0.1) is 0 Å². The van der Waals surface area contributed by atoms with Gasteiger partial charge in [0.2, 0.25) is 0 Å². The Morgan fingerprint density at radius 2 is 1.85 bits per heavy atom. The number of fused-ring (bicyclic) bond motifs is 1. The van der Waals surface area contributed by atoms with Crippen LogP contribution in [0.25, 0.3) is 0 Å². The molecule has 0 bridgehead atoms. The molecule has 0 unspecified atom stereocenters. The molecule has 0 saturated carbocycles. The Bertz CT molecular complexity index is 797. The zero-order chi connectivity index (χ0) is 18.7. The van der Waals surface area contributed by atoms with Crippen molar-refractivity contribution in [2.75, 3.05) is 0 Å². The average Bonchev–Trinajstić information content (AvgIpc) is 3.10. The van der Waals surface area contributed by atoms with E-state index in [4.69, 9.17) is 4.74 Å². The van der Waals surface area contributed by atoms with Gasteiger partial charge in [0.15, 0.2) is 6.10 Å². The molecule has 2 aromatic carbocycles. The molecule has 0 radical (unpaired) electrons. The van der Waals surface area contributed by atoms with Crippen LogP contribution in [0.4, 0.5) is 0 Å². The lowest BCUT2D eigenvalue weighted by Gasteiger charge is -2.21. The van der Waals surface area contributed by atoms with Gasteiger partial charge >= 0.3 is 0 Å². The first-order valence-corrected chi connectivity index (χ1v) is 9.64. The number of ether oxygens (including phenoxy) is 1. The highest BCUT2D eigenvalue weighted by molar-refractivity contribution is 5.81. The molecular formula is C23H29NO2. The third-order valence-electron chi connectivity index (χ3n) is 5.40. The lowest BCUT2D eigenvalue weighted by Crippen LogP contribution is -2.39. The highest BCUT2D eigenvalue weighted by Crippen LogP contribution is 2.25. The summed E-state index contributed by atoms with van der Waals surface area (Å²) in [7, 11) is 0. The van der Waals surface area contributed by atoms with Crippen molar-refractivity contribution in [2.24, 2.45) is 0 Å². The highest BCUT2D eigenvalue weighted by atomic mass is 16.5. The maximum absolute atomic E-state index is 12.7. The van der Waals surface area contributed by atoms with Gasteiger partial charge in [0, 0.05) is 0 Å². The maximum Gasteiger partial charge on any atom is 0.261 e. The van der Waals surface area contributed by atoms with E-state index in [-0.39, 0.29) is 11.9 Å². The zero-order valence-electron chi connectivity index (χ0n) is 16.3. The summed E-state index contributed by atoms with van der Waals surface area (Å²) in [5.41, 5.74) is 6.45. The fourth-order valence-electron chi connectivity index (χ4n) is 3.52. The second-order valence-electron chi connectivity index (χ2n) is 7.37. The van der Waals surface area contributed by atoms with Crippen molar-refractivity contribution >= 4 is 5.91 Å². The summed E-state index contributed by atoms with van der Waals surface area (Å²) < 4.78 is 5.96. The molecule has 1 amide bonds. The molecule has 0 fully saturated rings. The molecule has 1 aliphatic carbocycles. The molecule has 3 nitrogen and oxygen atoms in total. The van der Waals surface area contributed by atoms with Crippen LogP contribution < -0.4 is 10.1 Å². The van der Waals surface area contributed by atoms with Gasteiger partial charge in [-0.05, 0) is 86.4 Å². The van der Waals surface area contributed by atoms with Crippen LogP contribution in [0, 0.1) is 13.8 Å². The lowest BCUT2D eigenvalue weighted by molar-refractivity contribution is -0.128. The first-order chi connectivity index (χ1) is 12.5. The summed E-state index contributed by atoms with van der Waals surface area (Å²) in [6.07, 6.45) is 3.72. The molecule has 1 aliphatic rings. The molecule has 0 aromatic heterocycles. The van der Waals surface area contributed by atoms with Gasteiger partial charge in [0.05, 0.1) is 6.04 Å². The molecule has 2 aromatic rings. The minimum atomic E-state index is -0.478. The Kier molecular flexibility index (Phi) is 5.65. The molecule has 2 atom stereocenters. The normalized spacial score (nSPS) is 15.2. The van der Waals surface area contributed by atoms with Gasteiger partial charge in [0.25, 0.3) is 5.91 Å². The van der Waals surface area contributed by atoms with Crippen molar-refractivity contribution in [3.8, 4) is 5.75 Å². The fourth-order valence-corrected chi connectivity index (χ4v) is 3.52. The number of hydrogen-bond acceptors (Lipinski definition) is 2. The van der Waals surface area contributed by atoms with E-state index in [2.05, 4.69) is 37.4 Å². The average molecular weight is 351 g/mol. The number of amides is 1. The topological polar surface area (TPSA) is 38.3 Å². The van der Waals surface area contributed by atoms with Crippen molar-refractivity contribution in [3.05, 3.63) is 64.2 Å². The van der Waals surface area contributed by atoms with Crippen LogP contribution in [0.1, 0.15) is 60.5 Å². The van der Waals surface area contributed by atoms with Gasteiger partial charge in [-0.1, -0.05) is 31.2 Å². The minimum absolute atomic E-state index is 0.0224. The molecule has 26 heavy (non-hydrogen) atoms. The van der Waals surface area contributed by atoms with Crippen molar-refractivity contribution in [1.82, 2.24) is 5.32 Å². The van der Waals surface area contributed by atoms with Crippen LogP contribution in [0.2, 0.25) is 0 Å². The molecular weight excluding hydrogens is 322 g/mol. The number of nitrogens with one attached hydrogen (secondary N) is 1. The third-order valence-corrected chi connectivity index (χ3v) is 5.40. The van der Waals surface area contributed by atoms with E-state index < -0.39 is 6.10 Å². The summed E-state index contributed by atoms with van der Waals surface area (Å²) in [5.74, 6) is 0.694. The molecule has 0 saturated heterocycles. The summed E-state index contributed by atoms with van der Waals surface area (Å²) in [4.78, 5) is 12.7. The van der Waals surface area contributed by atoms with Crippen LogP contribution in [0.5, 0.6) is 5.75 Å². The minimum Gasteiger partial charge on any atom is -0.481 e. The first-order valence-electron chi connectivity index (χ1n) is 9.64. The summed E-state index contributed by atoms with van der Waals surface area (Å²) in [6.45, 7) is 8.14. The second-order valence-corrected chi connectivity index (χ2v) is 7.37. The Balaban J connectivity index is 1.65. The molecule has 0 heterocycles. The van der Waals surface area contributed by atoms with Crippen LogP contribution in [0.15, 0.2) is 36.4 Å². The molecule has 138 valence electrons. The van der Waals surface area contributed by atoms with E-state index in [0.717, 1.165) is 12.2 Å². The van der Waals surface area contributed by atoms with Crippen LogP contribution >= 0.6 is 0 Å². The smallest absolute Gasteiger partial charge is 0.261 e. The quantitative estimate of drug-likeness (QED) is 0.810. The second kappa shape index (κ2) is 7.94. The summed E-state index contributed by atoms with van der Waals surface area (Å²) in [5, 5.41) is 3.12. The number of carbonyl (C=O) groups is 1. The number of aryl methyl sites for hydroxylation is 4. The van der Waals surface area contributed by atoms with E-state index in [1.165, 1.54) is 40.7 Å². The molecule has 0 spiro atoms. The van der Waals surface area contributed by atoms with E-state index >= 15 is 0 Å². The fraction of sp³-hybridized carbons (Fsp3) is 0.435. The Morgan fingerprint density at radius 1 is 1.08 bits per heavy atom. The molecule has 0 aliphatic heterocycles. The van der Waals surface area contributed by atoms with E-state index in [1.807, 2.05) is 32.0 Å². The number of rotatable bonds is 6. The Labute approximate surface area is 156 Å². The van der Waals surface area contributed by atoms with Crippen molar-refractivity contribution in [3.63, 3.8) is 0 Å². The van der Waals surface area contributed by atoms with Gasteiger partial charge < -0.3 is 10.1 Å². The van der Waals surface area contributed by atoms with E-state index in [9.17, 15) is 4.79 Å². The van der Waals surface area contributed by atoms with Crippen molar-refractivity contribution in [1.29, 1.82) is 0 Å². The standard InChI is InChI=1S/C23H29NO2/c1-5-22(26-21-12-9-15(2)16(3)13-21)23(25)24-17(4)19-11-10-18-7-6-8-20(18)14-19/h9-14,17,22H,5-8H2,1-4H3,(H,24,25)/t17-,22+/m0/s1. The molecule has 3 heteroatoms. The van der Waals surface area contributed by atoms with E-state index in [0.29, 0.717) is 6.42 Å². The van der Waals surface area contributed by atoms with E-state index in [1.54, 1.807) is 0 Å². The Hall–Kier alpha value is -2.29. The SMILES string of the molecule is CC[C@@H](Oc1ccc(C)c(C)c1)C(=O)N[C@@H](C)c1ccc2c(c1)CCC2. The first kappa shape index (κ1) is 18.5. The monoisotopic (exact) mass is 351 g/mol. The number of hydrogen-bond donors (Lipinski definition) is 1. The predicted octanol–water partition coefficient (Wildman–Crippen LogP) is 4.83. The van der Waals surface area contributed by atoms with Gasteiger partial charge in [0.1, 0.15) is 5.75 Å². The zero-order valence-corrected chi connectivity index (χ0v) is 16.3. The Morgan fingerprint density at radius 3 is 2.58 bits per heavy atom. The van der Waals surface area contributed by atoms with Crippen LogP contribution in [0.3, 0.4) is 0 Å². The lowest BCUT2D eigenvalue weighted by atomic mass is 10.0. The maximum atomic E-state index is 12.7. The van der Waals surface area contributed by atoms with Gasteiger partial charge in [-0.2, -0.15) is 0 Å².